The second kappa shape index (κ2) is 8.99. The molecular formula is C27H27N3O2. The third-order valence-electron chi connectivity index (χ3n) is 6.39. The number of hydrogen-bond acceptors (Lipinski definition) is 4. The Labute approximate surface area is 187 Å². The fraction of sp³-hybridized carbons (Fsp3) is 0.222. The Hall–Kier alpha value is -3.41. The van der Waals surface area contributed by atoms with Gasteiger partial charge < -0.3 is 15.0 Å². The largest absolute Gasteiger partial charge is 0.383 e. The number of rotatable bonds is 6. The van der Waals surface area contributed by atoms with E-state index in [0.29, 0.717) is 5.56 Å². The van der Waals surface area contributed by atoms with Crippen molar-refractivity contribution in [2.75, 3.05) is 31.1 Å². The van der Waals surface area contributed by atoms with Gasteiger partial charge in [-0.05, 0) is 23.8 Å². The number of hydrogen-bond donors (Lipinski definition) is 2. The molecule has 2 N–H and O–H groups in total. The Morgan fingerprint density at radius 3 is 2.16 bits per heavy atom. The highest BCUT2D eigenvalue weighted by atomic mass is 16.3. The molecule has 1 saturated heterocycles. The number of carbonyl (C=O) groups excluding carboxylic acids is 1. The first-order valence-corrected chi connectivity index (χ1v) is 11.1. The third kappa shape index (κ3) is 3.93. The minimum Gasteiger partial charge on any atom is -0.383 e. The number of benzene rings is 3. The van der Waals surface area contributed by atoms with Crippen molar-refractivity contribution >= 4 is 22.4 Å². The van der Waals surface area contributed by atoms with Gasteiger partial charge in [0.2, 0.25) is 0 Å². The van der Waals surface area contributed by atoms with Crippen molar-refractivity contribution in [3.05, 3.63) is 102 Å². The summed E-state index contributed by atoms with van der Waals surface area (Å²) in [6, 6.07) is 27.6. The van der Waals surface area contributed by atoms with E-state index in [9.17, 15) is 9.90 Å². The Kier molecular flexibility index (Phi) is 5.75. The summed E-state index contributed by atoms with van der Waals surface area (Å²) >= 11 is 0. The molecule has 0 spiro atoms. The fourth-order valence-electron chi connectivity index (χ4n) is 4.72. The number of aliphatic hydroxyl groups is 1. The average molecular weight is 426 g/mol. The van der Waals surface area contributed by atoms with Crippen LogP contribution in [0.2, 0.25) is 0 Å². The molecule has 0 aliphatic carbocycles. The summed E-state index contributed by atoms with van der Waals surface area (Å²) in [6.45, 7) is 3.24. The molecule has 0 radical (unpaired) electrons. The molecule has 2 atom stereocenters. The quantitative estimate of drug-likeness (QED) is 0.453. The molecule has 5 nitrogen and oxygen atoms in total. The monoisotopic (exact) mass is 425 g/mol. The Balaban J connectivity index is 1.41. The van der Waals surface area contributed by atoms with Crippen molar-refractivity contribution in [3.63, 3.8) is 0 Å². The van der Waals surface area contributed by atoms with Crippen molar-refractivity contribution < 1.29 is 9.90 Å². The van der Waals surface area contributed by atoms with Gasteiger partial charge >= 0.3 is 0 Å². The molecule has 1 aromatic heterocycles. The topological polar surface area (TPSA) is 59.6 Å². The van der Waals surface area contributed by atoms with Crippen LogP contribution in [0.15, 0.2) is 91.1 Å². The van der Waals surface area contributed by atoms with E-state index in [-0.39, 0.29) is 5.78 Å². The Bertz CT molecular complexity index is 1180. The van der Waals surface area contributed by atoms with E-state index < -0.39 is 12.1 Å². The number of aliphatic hydroxyl groups excluding tert-OH is 1. The minimum absolute atomic E-state index is 0.248. The van der Waals surface area contributed by atoms with Crippen LogP contribution in [0.4, 0.5) is 5.69 Å². The van der Waals surface area contributed by atoms with Gasteiger partial charge in [-0.25, -0.2) is 0 Å². The van der Waals surface area contributed by atoms with Crippen LogP contribution in [0.3, 0.4) is 0 Å². The van der Waals surface area contributed by atoms with E-state index in [0.717, 1.165) is 42.6 Å². The smallest absolute Gasteiger partial charge is 0.195 e. The molecule has 4 aromatic rings. The number of carbonyl (C=O) groups is 1. The van der Waals surface area contributed by atoms with E-state index in [1.807, 2.05) is 60.7 Å². The minimum atomic E-state index is -1.15. The number of H-pyrrole nitrogens is 1. The van der Waals surface area contributed by atoms with Gasteiger partial charge in [0.25, 0.3) is 0 Å². The second-order valence-electron chi connectivity index (χ2n) is 8.27. The first-order valence-electron chi connectivity index (χ1n) is 11.1. The predicted octanol–water partition coefficient (Wildman–Crippen LogP) is 4.28. The number of anilines is 1. The summed E-state index contributed by atoms with van der Waals surface area (Å²) in [5.41, 5.74) is 3.60. The Morgan fingerprint density at radius 1 is 0.812 bits per heavy atom. The number of piperazine rings is 1. The van der Waals surface area contributed by atoms with E-state index >= 15 is 0 Å². The number of aromatic nitrogens is 1. The van der Waals surface area contributed by atoms with Crippen LogP contribution < -0.4 is 4.90 Å². The summed E-state index contributed by atoms with van der Waals surface area (Å²) in [5.74, 6) is -0.248. The number of Topliss-reactive ketones (excluding diaryl/α,β-unsaturated/α-hetero) is 1. The number of ketones is 1. The maximum Gasteiger partial charge on any atom is 0.195 e. The molecule has 5 heteroatoms. The number of fused-ring (bicyclic) bond motifs is 1. The molecule has 5 rings (SSSR count). The molecule has 0 saturated carbocycles. The zero-order valence-electron chi connectivity index (χ0n) is 17.9. The maximum atomic E-state index is 13.5. The summed E-state index contributed by atoms with van der Waals surface area (Å²) in [6.07, 6.45) is 0.561. The van der Waals surface area contributed by atoms with Gasteiger partial charge in [-0.15, -0.1) is 0 Å². The van der Waals surface area contributed by atoms with Crippen LogP contribution in [0.1, 0.15) is 22.0 Å². The summed E-state index contributed by atoms with van der Waals surface area (Å²) < 4.78 is 0. The summed E-state index contributed by atoms with van der Waals surface area (Å²) in [5, 5.41) is 12.2. The molecule has 0 amide bonds. The Morgan fingerprint density at radius 2 is 1.44 bits per heavy atom. The molecule has 0 bridgehead atoms. The summed E-state index contributed by atoms with van der Waals surface area (Å²) in [7, 11) is 0. The van der Waals surface area contributed by atoms with Crippen LogP contribution in [-0.4, -0.2) is 53.1 Å². The SMILES string of the molecule is O=C(c1c[nH]c2ccccc12)[C@H](O)[C@@H](c1ccccc1)N1CCN(c2ccccc2)CC1. The lowest BCUT2D eigenvalue weighted by Crippen LogP contribution is -2.51. The number of aromatic amines is 1. The van der Waals surface area contributed by atoms with Crippen LogP contribution in [-0.2, 0) is 0 Å². The van der Waals surface area contributed by atoms with Gasteiger partial charge in [0.15, 0.2) is 5.78 Å². The standard InChI is InChI=1S/C27H27N3O2/c31-26(23-19-28-24-14-8-7-13-22(23)24)27(32)25(20-9-3-1-4-10-20)30-17-15-29(16-18-30)21-11-5-2-6-12-21/h1-14,19,25,27-28,32H,15-18H2/t25-,27-/m1/s1. The van der Waals surface area contributed by atoms with Gasteiger partial charge in [-0.3, -0.25) is 9.69 Å². The van der Waals surface area contributed by atoms with Crippen molar-refractivity contribution in [1.29, 1.82) is 0 Å². The number of nitrogens with one attached hydrogen (secondary N) is 1. The molecule has 1 aliphatic heterocycles. The fourth-order valence-corrected chi connectivity index (χ4v) is 4.72. The average Bonchev–Trinajstić information content (AvgIpc) is 3.29. The van der Waals surface area contributed by atoms with E-state index in [4.69, 9.17) is 0 Å². The molecular weight excluding hydrogens is 398 g/mol. The zero-order valence-corrected chi connectivity index (χ0v) is 17.9. The zero-order chi connectivity index (χ0) is 21.9. The highest BCUT2D eigenvalue weighted by Gasteiger charge is 2.35. The molecule has 32 heavy (non-hydrogen) atoms. The lowest BCUT2D eigenvalue weighted by Gasteiger charge is -2.41. The van der Waals surface area contributed by atoms with Crippen LogP contribution in [0, 0.1) is 0 Å². The van der Waals surface area contributed by atoms with Gasteiger partial charge in [-0.1, -0.05) is 66.7 Å². The normalized spacial score (nSPS) is 16.7. The van der Waals surface area contributed by atoms with Gasteiger partial charge in [0.1, 0.15) is 6.10 Å². The first-order chi connectivity index (χ1) is 15.7. The molecule has 1 fully saturated rings. The number of para-hydroxylation sites is 2. The van der Waals surface area contributed by atoms with Gasteiger partial charge in [0.05, 0.1) is 6.04 Å². The summed E-state index contributed by atoms with van der Waals surface area (Å²) in [4.78, 5) is 21.2. The van der Waals surface area contributed by atoms with Crippen molar-refractivity contribution in [3.8, 4) is 0 Å². The second-order valence-corrected chi connectivity index (χ2v) is 8.27. The van der Waals surface area contributed by atoms with Crippen molar-refractivity contribution in [2.45, 2.75) is 12.1 Å². The lowest BCUT2D eigenvalue weighted by atomic mass is 9.93. The first kappa shape index (κ1) is 20.5. The van der Waals surface area contributed by atoms with Gasteiger partial charge in [0, 0.05) is 54.5 Å². The van der Waals surface area contributed by atoms with Gasteiger partial charge in [-0.2, -0.15) is 0 Å². The highest BCUT2D eigenvalue weighted by Crippen LogP contribution is 2.30. The van der Waals surface area contributed by atoms with Crippen LogP contribution in [0.25, 0.3) is 10.9 Å². The van der Waals surface area contributed by atoms with Crippen LogP contribution >= 0.6 is 0 Å². The molecule has 1 aliphatic rings. The maximum absolute atomic E-state index is 13.5. The molecule has 0 unspecified atom stereocenters. The molecule has 2 heterocycles. The van der Waals surface area contributed by atoms with Crippen LogP contribution in [0.5, 0.6) is 0 Å². The van der Waals surface area contributed by atoms with Crippen molar-refractivity contribution in [2.24, 2.45) is 0 Å². The molecule has 162 valence electrons. The number of nitrogens with zero attached hydrogens (tertiary/aromatic N) is 2. The van der Waals surface area contributed by atoms with E-state index in [1.165, 1.54) is 5.69 Å². The highest BCUT2D eigenvalue weighted by molar-refractivity contribution is 6.10. The van der Waals surface area contributed by atoms with Crippen molar-refractivity contribution in [1.82, 2.24) is 9.88 Å². The third-order valence-corrected chi connectivity index (χ3v) is 6.39. The lowest BCUT2D eigenvalue weighted by molar-refractivity contribution is 0.0366. The predicted molar refractivity (Wildman–Crippen MR) is 128 cm³/mol. The molecule has 3 aromatic carbocycles. The van der Waals surface area contributed by atoms with E-state index in [1.54, 1.807) is 6.20 Å². The van der Waals surface area contributed by atoms with E-state index in [2.05, 4.69) is 39.0 Å².